The van der Waals surface area contributed by atoms with Gasteiger partial charge in [-0.3, -0.25) is 0 Å². The number of para-hydroxylation sites is 1. The number of esters is 1. The van der Waals surface area contributed by atoms with Crippen LogP contribution in [0.4, 0.5) is 0 Å². The highest BCUT2D eigenvalue weighted by molar-refractivity contribution is 7.98. The second-order valence-corrected chi connectivity index (χ2v) is 9.07. The van der Waals surface area contributed by atoms with E-state index in [0.29, 0.717) is 21.4 Å². The van der Waals surface area contributed by atoms with Crippen LogP contribution < -0.4 is 0 Å². The van der Waals surface area contributed by atoms with Crippen LogP contribution in [-0.4, -0.2) is 38.1 Å². The van der Waals surface area contributed by atoms with E-state index < -0.39 is 5.97 Å². The lowest BCUT2D eigenvalue weighted by Crippen LogP contribution is -2.07. The molecule has 0 N–H and O–H groups in total. The van der Waals surface area contributed by atoms with Gasteiger partial charge in [0.1, 0.15) is 21.7 Å². The summed E-state index contributed by atoms with van der Waals surface area (Å²) in [6, 6.07) is 15.1. The van der Waals surface area contributed by atoms with Crippen LogP contribution in [0.25, 0.3) is 27.0 Å². The molecular formula is C21H16Cl2N4O2S2. The van der Waals surface area contributed by atoms with Crippen molar-refractivity contribution in [2.75, 3.05) is 12.2 Å². The van der Waals surface area contributed by atoms with Crippen LogP contribution in [0.3, 0.4) is 0 Å². The predicted octanol–water partition coefficient (Wildman–Crippen LogP) is 6.15. The molecule has 0 saturated heterocycles. The molecule has 0 spiro atoms. The molecule has 4 aromatic rings. The van der Waals surface area contributed by atoms with Gasteiger partial charge >= 0.3 is 5.97 Å². The third-order valence-corrected chi connectivity index (χ3v) is 6.31. The number of carbonyl (C=O) groups excluding carboxylic acids is 1. The topological polar surface area (TPSA) is 69.9 Å². The van der Waals surface area contributed by atoms with Gasteiger partial charge in [-0.25, -0.2) is 9.48 Å². The highest BCUT2D eigenvalue weighted by Gasteiger charge is 2.28. The molecule has 0 bridgehead atoms. The minimum absolute atomic E-state index is 0.00191. The van der Waals surface area contributed by atoms with Crippen LogP contribution >= 0.6 is 46.3 Å². The van der Waals surface area contributed by atoms with Gasteiger partial charge in [0.05, 0.1) is 10.7 Å². The molecule has 4 rings (SSSR count). The Bertz CT molecular complexity index is 1260. The Morgan fingerprint density at radius 2 is 1.90 bits per heavy atom. The fraction of sp³-hybridized carbons (Fsp3) is 0.143. The van der Waals surface area contributed by atoms with Crippen LogP contribution in [0.15, 0.2) is 48.5 Å². The number of thioether (sulfide) groups is 1. The second kappa shape index (κ2) is 9.40. The molecule has 2 heterocycles. The molecule has 10 heteroatoms. The second-order valence-electron chi connectivity index (χ2n) is 6.49. The number of nitrogens with zero attached hydrogens (tertiary/aromatic N) is 4. The molecular weight excluding hydrogens is 475 g/mol. The number of hydrogen-bond acceptors (Lipinski definition) is 7. The Labute approximate surface area is 197 Å². The summed E-state index contributed by atoms with van der Waals surface area (Å²) >= 11 is 15.8. The first-order valence-electron chi connectivity index (χ1n) is 9.10. The molecule has 0 aliphatic carbocycles. The molecule has 0 atom stereocenters. The van der Waals surface area contributed by atoms with Gasteiger partial charge in [0.2, 0.25) is 0 Å². The fourth-order valence-electron chi connectivity index (χ4n) is 2.91. The van der Waals surface area contributed by atoms with Gasteiger partial charge < -0.3 is 4.74 Å². The van der Waals surface area contributed by atoms with E-state index in [9.17, 15) is 4.79 Å². The lowest BCUT2D eigenvalue weighted by molar-refractivity contribution is 0.0572. The fourth-order valence-corrected chi connectivity index (χ4v) is 4.56. The average Bonchev–Trinajstić information content (AvgIpc) is 3.37. The zero-order valence-electron chi connectivity index (χ0n) is 16.5. The molecule has 0 aliphatic heterocycles. The van der Waals surface area contributed by atoms with Crippen molar-refractivity contribution in [2.24, 2.45) is 0 Å². The normalized spacial score (nSPS) is 11.0. The van der Waals surface area contributed by atoms with E-state index in [1.165, 1.54) is 27.8 Å². The number of aromatic nitrogens is 4. The van der Waals surface area contributed by atoms with Gasteiger partial charge in [0.25, 0.3) is 0 Å². The maximum Gasteiger partial charge on any atom is 0.361 e. The molecule has 31 heavy (non-hydrogen) atoms. The summed E-state index contributed by atoms with van der Waals surface area (Å²) < 4.78 is 6.73. The van der Waals surface area contributed by atoms with Gasteiger partial charge in [0, 0.05) is 5.56 Å². The summed E-state index contributed by atoms with van der Waals surface area (Å²) in [4.78, 5) is 12.5. The van der Waals surface area contributed by atoms with E-state index in [1.807, 2.05) is 49.6 Å². The van der Waals surface area contributed by atoms with E-state index in [1.54, 1.807) is 12.1 Å². The van der Waals surface area contributed by atoms with Crippen LogP contribution in [-0.2, 0) is 4.74 Å². The molecule has 0 aliphatic rings. The van der Waals surface area contributed by atoms with Crippen molar-refractivity contribution >= 4 is 52.3 Å². The molecule has 0 amide bonds. The van der Waals surface area contributed by atoms with Crippen molar-refractivity contribution in [1.82, 2.24) is 20.0 Å². The minimum atomic E-state index is -0.616. The first-order chi connectivity index (χ1) is 15.0. The summed E-state index contributed by atoms with van der Waals surface area (Å²) in [7, 11) is 0. The average molecular weight is 491 g/mol. The van der Waals surface area contributed by atoms with E-state index in [0.717, 1.165) is 16.1 Å². The van der Waals surface area contributed by atoms with Gasteiger partial charge in [-0.15, -0.1) is 22.0 Å². The quantitative estimate of drug-likeness (QED) is 0.238. The highest BCUT2D eigenvalue weighted by Crippen LogP contribution is 2.38. The largest absolute Gasteiger partial charge is 0.450 e. The van der Waals surface area contributed by atoms with Crippen LogP contribution in [0, 0.1) is 6.92 Å². The lowest BCUT2D eigenvalue weighted by Gasteiger charge is -2.07. The Balaban J connectivity index is 1.86. The molecule has 2 aromatic heterocycles. The number of aryl methyl sites for hydroxylation is 1. The summed E-state index contributed by atoms with van der Waals surface area (Å²) in [5.74, 6) is -0.422. The molecule has 0 radical (unpaired) electrons. The zero-order chi connectivity index (χ0) is 22.0. The standard InChI is InChI=1S/C21H16Cl2N4O2S2/c1-12-6-5-7-13(10-12)19-24-25-20(31-19)18-16(23)17(21(28)29-11-30-2)26-27(18)15-9-4-3-8-14(15)22/h3-10H,11H2,1-2H3. The Kier molecular flexibility index (Phi) is 6.62. The van der Waals surface area contributed by atoms with Gasteiger partial charge in [0.15, 0.2) is 10.7 Å². The molecule has 6 nitrogen and oxygen atoms in total. The van der Waals surface area contributed by atoms with Crippen LogP contribution in [0.1, 0.15) is 16.1 Å². The summed E-state index contributed by atoms with van der Waals surface area (Å²) in [6.07, 6.45) is 1.83. The number of ether oxygens (including phenoxy) is 1. The third-order valence-electron chi connectivity index (χ3n) is 4.30. The first kappa shape index (κ1) is 21.8. The van der Waals surface area contributed by atoms with E-state index in [-0.39, 0.29) is 16.7 Å². The van der Waals surface area contributed by atoms with Crippen molar-refractivity contribution in [2.45, 2.75) is 6.92 Å². The van der Waals surface area contributed by atoms with E-state index >= 15 is 0 Å². The maximum atomic E-state index is 12.5. The van der Waals surface area contributed by atoms with Crippen molar-refractivity contribution in [3.05, 3.63) is 69.8 Å². The molecule has 0 saturated carbocycles. The summed E-state index contributed by atoms with van der Waals surface area (Å²) in [5, 5.41) is 14.9. The summed E-state index contributed by atoms with van der Waals surface area (Å²) in [5.41, 5.74) is 3.06. The zero-order valence-corrected chi connectivity index (χ0v) is 19.6. The van der Waals surface area contributed by atoms with Crippen LogP contribution in [0.2, 0.25) is 10.0 Å². The van der Waals surface area contributed by atoms with Crippen LogP contribution in [0.5, 0.6) is 0 Å². The van der Waals surface area contributed by atoms with Crippen molar-refractivity contribution in [3.8, 4) is 27.0 Å². The van der Waals surface area contributed by atoms with Crippen molar-refractivity contribution in [3.63, 3.8) is 0 Å². The lowest BCUT2D eigenvalue weighted by atomic mass is 10.1. The predicted molar refractivity (Wildman–Crippen MR) is 126 cm³/mol. The smallest absolute Gasteiger partial charge is 0.361 e. The first-order valence-corrected chi connectivity index (χ1v) is 12.1. The number of rotatable bonds is 6. The highest BCUT2D eigenvalue weighted by atomic mass is 35.5. The van der Waals surface area contributed by atoms with Gasteiger partial charge in [-0.05, 0) is 31.4 Å². The maximum absolute atomic E-state index is 12.5. The Morgan fingerprint density at radius 3 is 2.65 bits per heavy atom. The number of carbonyl (C=O) groups is 1. The summed E-state index contributed by atoms with van der Waals surface area (Å²) in [6.45, 7) is 2.02. The Hall–Kier alpha value is -2.39. The van der Waals surface area contributed by atoms with Crippen molar-refractivity contribution < 1.29 is 9.53 Å². The minimum Gasteiger partial charge on any atom is -0.450 e. The van der Waals surface area contributed by atoms with E-state index in [2.05, 4.69) is 15.3 Å². The monoisotopic (exact) mass is 490 g/mol. The number of benzene rings is 2. The van der Waals surface area contributed by atoms with Gasteiger partial charge in [-0.1, -0.05) is 70.4 Å². The van der Waals surface area contributed by atoms with Gasteiger partial charge in [-0.2, -0.15) is 5.10 Å². The molecule has 158 valence electrons. The number of hydrogen-bond donors (Lipinski definition) is 0. The third kappa shape index (κ3) is 4.48. The molecule has 2 aromatic carbocycles. The number of halogens is 2. The van der Waals surface area contributed by atoms with Crippen molar-refractivity contribution in [1.29, 1.82) is 0 Å². The molecule has 0 fully saturated rings. The van der Waals surface area contributed by atoms with E-state index in [4.69, 9.17) is 27.9 Å². The SMILES string of the molecule is CSCOC(=O)c1nn(-c2ccccc2Cl)c(-c2nnc(-c3cccc(C)c3)s2)c1Cl. The Morgan fingerprint density at radius 1 is 1.13 bits per heavy atom. The molecule has 0 unspecified atom stereocenters.